The van der Waals surface area contributed by atoms with Crippen LogP contribution < -0.4 is 0 Å². The predicted molar refractivity (Wildman–Crippen MR) is 44.9 cm³/mol. The van der Waals surface area contributed by atoms with Crippen LogP contribution in [0.25, 0.3) is 0 Å². The molecule has 0 amide bonds. The van der Waals surface area contributed by atoms with E-state index in [-0.39, 0.29) is 6.10 Å². The van der Waals surface area contributed by atoms with Gasteiger partial charge in [-0.15, -0.1) is 0 Å². The Kier molecular flexibility index (Phi) is 5.70. The van der Waals surface area contributed by atoms with Gasteiger partial charge >= 0.3 is 0 Å². The third kappa shape index (κ3) is 4.80. The summed E-state index contributed by atoms with van der Waals surface area (Å²) in [4.78, 5) is 0. The number of hydrogen-bond donors (Lipinski definition) is 0. The molecular weight excluding hydrogens is 124 g/mol. The molecule has 61 valence electrons. The maximum absolute atomic E-state index is 5.53. The molecule has 1 radical (unpaired) electrons. The van der Waals surface area contributed by atoms with E-state index in [0.717, 1.165) is 12.8 Å². The monoisotopic (exact) mass is 143 g/mol. The maximum atomic E-state index is 5.53. The topological polar surface area (TPSA) is 9.23 Å². The highest BCUT2D eigenvalue weighted by molar-refractivity contribution is 4.59. The molecule has 2 unspecified atom stereocenters. The van der Waals surface area contributed by atoms with Crippen LogP contribution in [0.4, 0.5) is 0 Å². The molecule has 0 saturated carbocycles. The number of rotatable bonds is 5. The predicted octanol–water partition coefficient (Wildman–Crippen LogP) is 2.80. The Morgan fingerprint density at radius 3 is 2.30 bits per heavy atom. The first-order valence-corrected chi connectivity index (χ1v) is 4.19. The van der Waals surface area contributed by atoms with Crippen molar-refractivity contribution in [2.45, 2.75) is 52.2 Å². The summed E-state index contributed by atoms with van der Waals surface area (Å²) in [5.41, 5.74) is 0. The molecule has 0 fully saturated rings. The summed E-state index contributed by atoms with van der Waals surface area (Å²) in [6.07, 6.45) is 4.03. The van der Waals surface area contributed by atoms with E-state index in [9.17, 15) is 0 Å². The average molecular weight is 143 g/mol. The van der Waals surface area contributed by atoms with E-state index in [2.05, 4.69) is 20.8 Å². The van der Waals surface area contributed by atoms with Gasteiger partial charge in [0.2, 0.25) is 0 Å². The summed E-state index contributed by atoms with van der Waals surface area (Å²) >= 11 is 0. The molecule has 0 heterocycles. The molecule has 0 spiro atoms. The lowest BCUT2D eigenvalue weighted by Gasteiger charge is -2.17. The van der Waals surface area contributed by atoms with Crippen LogP contribution in [0.5, 0.6) is 0 Å². The number of ether oxygens (including phenoxy) is 1. The molecule has 2 atom stereocenters. The van der Waals surface area contributed by atoms with Gasteiger partial charge < -0.3 is 4.74 Å². The fraction of sp³-hybridized carbons (Fsp3) is 0.889. The molecule has 0 aromatic carbocycles. The quantitative estimate of drug-likeness (QED) is 0.575. The minimum absolute atomic E-state index is 0.136. The normalized spacial score (nSPS) is 14.1. The Morgan fingerprint density at radius 2 is 2.00 bits per heavy atom. The zero-order valence-corrected chi connectivity index (χ0v) is 7.39. The molecule has 0 N–H and O–H groups in total. The Balaban J connectivity index is 3.39. The van der Waals surface area contributed by atoms with Gasteiger partial charge in [0, 0.05) is 0 Å². The van der Waals surface area contributed by atoms with Crippen LogP contribution in [0.3, 0.4) is 0 Å². The molecule has 0 bridgehead atoms. The fourth-order valence-electron chi connectivity index (χ4n) is 1.02. The van der Waals surface area contributed by atoms with Gasteiger partial charge in [0.05, 0.1) is 12.2 Å². The highest BCUT2D eigenvalue weighted by Crippen LogP contribution is 2.08. The summed E-state index contributed by atoms with van der Waals surface area (Å²) in [6.45, 7) is 10.1. The van der Waals surface area contributed by atoms with Crippen LogP contribution >= 0.6 is 0 Å². The van der Waals surface area contributed by atoms with E-state index in [1.807, 2.05) is 6.92 Å². The lowest BCUT2D eigenvalue weighted by atomic mass is 10.1. The lowest BCUT2D eigenvalue weighted by Crippen LogP contribution is -2.16. The molecule has 0 aliphatic rings. The highest BCUT2D eigenvalue weighted by Gasteiger charge is 2.05. The summed E-state index contributed by atoms with van der Waals surface area (Å²) < 4.78 is 5.53. The van der Waals surface area contributed by atoms with Crippen LogP contribution in [0.1, 0.15) is 40.0 Å². The molecule has 0 aliphatic heterocycles. The van der Waals surface area contributed by atoms with Crippen LogP contribution in [-0.4, -0.2) is 12.2 Å². The Hall–Kier alpha value is -0.0400. The molecule has 0 rings (SSSR count). The average Bonchev–Trinajstić information content (AvgIpc) is 1.86. The van der Waals surface area contributed by atoms with Gasteiger partial charge in [-0.25, -0.2) is 0 Å². The first kappa shape index (κ1) is 9.96. The van der Waals surface area contributed by atoms with E-state index < -0.39 is 0 Å². The van der Waals surface area contributed by atoms with E-state index >= 15 is 0 Å². The molecule has 0 aromatic rings. The summed E-state index contributed by atoms with van der Waals surface area (Å²) in [6, 6.07) is 0. The van der Waals surface area contributed by atoms with Crippen molar-refractivity contribution < 1.29 is 4.74 Å². The summed E-state index contributed by atoms with van der Waals surface area (Å²) in [5, 5.41) is 0. The smallest absolute Gasteiger partial charge is 0.0576 e. The van der Waals surface area contributed by atoms with Crippen molar-refractivity contribution in [3.63, 3.8) is 0 Å². The largest absolute Gasteiger partial charge is 0.375 e. The molecule has 0 aromatic heterocycles. The molecule has 0 aliphatic carbocycles. The van der Waals surface area contributed by atoms with Crippen molar-refractivity contribution in [1.29, 1.82) is 0 Å². The van der Waals surface area contributed by atoms with E-state index in [1.165, 1.54) is 6.42 Å². The third-order valence-corrected chi connectivity index (χ3v) is 1.49. The first-order chi connectivity index (χ1) is 4.70. The van der Waals surface area contributed by atoms with Crippen LogP contribution in [0.15, 0.2) is 0 Å². The Morgan fingerprint density at radius 1 is 1.40 bits per heavy atom. The van der Waals surface area contributed by atoms with Gasteiger partial charge in [-0.1, -0.05) is 20.3 Å². The van der Waals surface area contributed by atoms with Crippen LogP contribution in [0, 0.1) is 6.92 Å². The van der Waals surface area contributed by atoms with Crippen molar-refractivity contribution in [2.75, 3.05) is 0 Å². The second-order valence-corrected chi connectivity index (χ2v) is 2.77. The maximum Gasteiger partial charge on any atom is 0.0576 e. The van der Waals surface area contributed by atoms with E-state index in [1.54, 1.807) is 0 Å². The zero-order valence-electron chi connectivity index (χ0n) is 7.39. The van der Waals surface area contributed by atoms with Crippen LogP contribution in [0.2, 0.25) is 0 Å². The van der Waals surface area contributed by atoms with Gasteiger partial charge in [0.15, 0.2) is 0 Å². The molecule has 0 saturated heterocycles. The fourth-order valence-corrected chi connectivity index (χ4v) is 1.02. The minimum atomic E-state index is 0.136. The standard InChI is InChI=1S/C9H19O/c1-5-7-9(6-2)10-8(3)4/h8-9H,3,5-7H2,1-2,4H3. The second-order valence-electron chi connectivity index (χ2n) is 2.77. The van der Waals surface area contributed by atoms with Gasteiger partial charge in [-0.05, 0) is 26.7 Å². The van der Waals surface area contributed by atoms with Crippen LogP contribution in [-0.2, 0) is 4.74 Å². The first-order valence-electron chi connectivity index (χ1n) is 4.19. The van der Waals surface area contributed by atoms with Gasteiger partial charge in [0.1, 0.15) is 0 Å². The van der Waals surface area contributed by atoms with Gasteiger partial charge in [-0.3, -0.25) is 0 Å². The van der Waals surface area contributed by atoms with Crippen molar-refractivity contribution in [3.8, 4) is 0 Å². The molecule has 1 heteroatoms. The lowest BCUT2D eigenvalue weighted by molar-refractivity contribution is 0.0138. The summed E-state index contributed by atoms with van der Waals surface area (Å²) in [5.74, 6) is 0. The van der Waals surface area contributed by atoms with Gasteiger partial charge in [-0.2, -0.15) is 0 Å². The van der Waals surface area contributed by atoms with Crippen molar-refractivity contribution in [3.05, 3.63) is 6.92 Å². The van der Waals surface area contributed by atoms with Crippen molar-refractivity contribution in [2.24, 2.45) is 0 Å². The summed E-state index contributed by atoms with van der Waals surface area (Å²) in [7, 11) is 0. The van der Waals surface area contributed by atoms with Gasteiger partial charge in [0.25, 0.3) is 0 Å². The molecular formula is C9H19O. The highest BCUT2D eigenvalue weighted by atomic mass is 16.5. The molecule has 10 heavy (non-hydrogen) atoms. The molecule has 1 nitrogen and oxygen atoms in total. The van der Waals surface area contributed by atoms with E-state index in [4.69, 9.17) is 4.74 Å². The SMILES string of the molecule is [CH2]C(C)OC(CC)CCC. The Labute approximate surface area is 64.8 Å². The van der Waals surface area contributed by atoms with Crippen molar-refractivity contribution in [1.82, 2.24) is 0 Å². The van der Waals surface area contributed by atoms with E-state index in [0.29, 0.717) is 6.10 Å². The van der Waals surface area contributed by atoms with Crippen molar-refractivity contribution >= 4 is 0 Å². The zero-order chi connectivity index (χ0) is 7.98. The Bertz CT molecular complexity index is 69.1. The second kappa shape index (κ2) is 5.72. The number of hydrogen-bond acceptors (Lipinski definition) is 1. The third-order valence-electron chi connectivity index (χ3n) is 1.49. The minimum Gasteiger partial charge on any atom is -0.375 e.